The van der Waals surface area contributed by atoms with Crippen LogP contribution in [0.4, 0.5) is 0 Å². The molecule has 6 rings (SSSR count). The van der Waals surface area contributed by atoms with Gasteiger partial charge in [0, 0.05) is 41.7 Å². The van der Waals surface area contributed by atoms with E-state index < -0.39 is 247 Å². The minimum absolute atomic E-state index is 0.558. The number of amides is 4. The van der Waals surface area contributed by atoms with Gasteiger partial charge in [0.05, 0.1) is 38.6 Å². The smallest absolute Gasteiger partial charge is 0.302 e. The Labute approximate surface area is 468 Å². The number of esters is 1. The van der Waals surface area contributed by atoms with E-state index >= 15 is 0 Å². The second-order valence-electron chi connectivity index (χ2n) is 20.6. The van der Waals surface area contributed by atoms with Crippen molar-refractivity contribution in [2.24, 2.45) is 5.73 Å². The third-order valence-electron chi connectivity index (χ3n) is 14.6. The lowest BCUT2D eigenvalue weighted by atomic mass is 9.93. The molecule has 6 fully saturated rings. The van der Waals surface area contributed by atoms with Crippen molar-refractivity contribution in [1.82, 2.24) is 21.3 Å². The lowest BCUT2D eigenvalue weighted by Crippen LogP contribution is -2.72. The largest absolute Gasteiger partial charge is 0.463 e. The zero-order valence-corrected chi connectivity index (χ0v) is 45.6. The molecule has 82 heavy (non-hydrogen) atoms. The predicted molar refractivity (Wildman–Crippen MR) is 260 cm³/mol. The molecule has 0 aromatic carbocycles. The second kappa shape index (κ2) is 29.6. The summed E-state index contributed by atoms with van der Waals surface area (Å²) in [6.07, 6.45) is -42.0. The lowest BCUT2D eigenvalue weighted by molar-refractivity contribution is -0.368. The summed E-state index contributed by atoms with van der Waals surface area (Å²) in [4.78, 5) is 62.0. The van der Waals surface area contributed by atoms with Crippen molar-refractivity contribution in [3.8, 4) is 0 Å². The number of nitrogens with one attached hydrogen (secondary N) is 4. The van der Waals surface area contributed by atoms with Crippen LogP contribution in [0.1, 0.15) is 41.5 Å². The highest BCUT2D eigenvalue weighted by atomic mass is 16.8. The normalized spacial score (nSPS) is 45.3. The summed E-state index contributed by atoms with van der Waals surface area (Å²) >= 11 is 0. The Morgan fingerprint density at radius 3 is 1.20 bits per heavy atom. The van der Waals surface area contributed by atoms with E-state index in [-0.39, 0.29) is 0 Å². The molecule has 4 amide bonds. The van der Waals surface area contributed by atoms with E-state index in [9.17, 15) is 85.3 Å². The fraction of sp³-hybridized carbons (Fsp3) is 0.894. The maximum atomic E-state index is 12.8. The van der Waals surface area contributed by atoms with Crippen LogP contribution in [0.25, 0.3) is 0 Å². The summed E-state index contributed by atoms with van der Waals surface area (Å²) in [5.74, 6) is -3.90. The lowest BCUT2D eigenvalue weighted by Gasteiger charge is -2.51. The van der Waals surface area contributed by atoms with E-state index in [1.54, 1.807) is 0 Å². The minimum atomic E-state index is -2.03. The highest BCUT2D eigenvalue weighted by molar-refractivity contribution is 5.74. The van der Waals surface area contributed by atoms with Gasteiger partial charge in [-0.1, -0.05) is 0 Å². The monoisotopic (exact) mass is 1190 g/mol. The standard InChI is InChI=1S/C47H79N5O30/c1-13-29(61)36(68)41(70-7)47(73-13)72-12-23-40(32(64)25(42(69)74-23)49-14(2)56)82-46-28(52-17(5)59)35(67)39(21(10-55)77-46)81-45-27(51-16(4)58)34(66)38(20(9-54)76-45)80-44-26(50-15(3)57)33(65)37(19(8-53)75-44)79-43-24(48)31(63)30(62)22(78-43)11-71-18(6)60/h13,19-47,53-55,61-69H,8-12,48H2,1-7H3,(H,49,56)(H,50,57)(H,51,58)(H,52,59)/t13-,19+,20+,21+,22+,23+,24+,25+,26+,27+,28+,29+,30+,31+,32+,33+,34+,35+,36+,37+,38+,39+,40+,41-,42?,43-,44-,45-,46-,47+/m0/s1. The number of aliphatic hydroxyl groups is 12. The third-order valence-corrected chi connectivity index (χ3v) is 14.6. The molecule has 0 aliphatic carbocycles. The van der Waals surface area contributed by atoms with Gasteiger partial charge in [0.1, 0.15) is 141 Å². The average molecular weight is 1190 g/mol. The number of nitrogens with two attached hydrogens (primary N) is 1. The number of carbonyl (C=O) groups is 5. The highest BCUT2D eigenvalue weighted by Crippen LogP contribution is 2.36. The molecule has 0 aromatic rings. The van der Waals surface area contributed by atoms with Gasteiger partial charge in [-0.15, -0.1) is 0 Å². The van der Waals surface area contributed by atoms with E-state index in [0.29, 0.717) is 0 Å². The summed E-state index contributed by atoms with van der Waals surface area (Å²) in [7, 11) is 1.21. The minimum Gasteiger partial charge on any atom is -0.463 e. The highest BCUT2D eigenvalue weighted by Gasteiger charge is 2.58. The van der Waals surface area contributed by atoms with Gasteiger partial charge in [0.25, 0.3) is 0 Å². The Hall–Kier alpha value is -3.65. The third kappa shape index (κ3) is 15.7. The number of rotatable bonds is 21. The molecular weight excluding hydrogens is 1110 g/mol. The van der Waals surface area contributed by atoms with Gasteiger partial charge in [-0.3, -0.25) is 24.0 Å². The van der Waals surface area contributed by atoms with Crippen molar-refractivity contribution < 1.29 is 147 Å². The van der Waals surface area contributed by atoms with E-state index in [4.69, 9.17) is 67.3 Å². The first-order valence-electron chi connectivity index (χ1n) is 26.3. The topological polar surface area (TPSA) is 522 Å². The number of hydrogen-bond acceptors (Lipinski definition) is 31. The van der Waals surface area contributed by atoms with E-state index in [0.717, 1.165) is 34.6 Å². The van der Waals surface area contributed by atoms with Gasteiger partial charge in [-0.2, -0.15) is 0 Å². The maximum absolute atomic E-state index is 12.8. The number of carbonyl (C=O) groups excluding carboxylic acids is 5. The molecule has 1 unspecified atom stereocenters. The van der Waals surface area contributed by atoms with Gasteiger partial charge in [0.15, 0.2) is 37.7 Å². The number of ether oxygens (including phenoxy) is 13. The molecule has 0 aromatic heterocycles. The van der Waals surface area contributed by atoms with Crippen molar-refractivity contribution in [3.63, 3.8) is 0 Å². The second-order valence-corrected chi connectivity index (χ2v) is 20.6. The van der Waals surface area contributed by atoms with Gasteiger partial charge >= 0.3 is 5.97 Å². The first-order valence-corrected chi connectivity index (χ1v) is 26.3. The molecule has 6 heterocycles. The summed E-state index contributed by atoms with van der Waals surface area (Å²) in [5, 5.41) is 143. The van der Waals surface area contributed by atoms with Crippen LogP contribution in [-0.4, -0.2) is 315 Å². The fourth-order valence-electron chi connectivity index (χ4n) is 10.5. The number of aliphatic hydroxyl groups excluding tert-OH is 12. The molecule has 6 saturated heterocycles. The van der Waals surface area contributed by atoms with Crippen LogP contribution in [0.15, 0.2) is 0 Å². The molecular formula is C47H79N5O30. The Morgan fingerprint density at radius 2 is 0.805 bits per heavy atom. The zero-order chi connectivity index (χ0) is 60.8. The summed E-state index contributed by atoms with van der Waals surface area (Å²) in [6, 6.07) is -8.26. The van der Waals surface area contributed by atoms with Crippen LogP contribution in [0.3, 0.4) is 0 Å². The van der Waals surface area contributed by atoms with E-state index in [1.165, 1.54) is 14.0 Å². The molecule has 35 nitrogen and oxygen atoms in total. The van der Waals surface area contributed by atoms with Crippen LogP contribution < -0.4 is 27.0 Å². The van der Waals surface area contributed by atoms with Crippen molar-refractivity contribution in [2.75, 3.05) is 40.1 Å². The van der Waals surface area contributed by atoms with Crippen molar-refractivity contribution in [1.29, 1.82) is 0 Å². The Morgan fingerprint density at radius 1 is 0.427 bits per heavy atom. The van der Waals surface area contributed by atoms with Crippen LogP contribution in [0, 0.1) is 0 Å². The number of methoxy groups -OCH3 is 1. The molecule has 0 bridgehead atoms. The predicted octanol–water partition coefficient (Wildman–Crippen LogP) is -11.3. The van der Waals surface area contributed by atoms with Crippen LogP contribution in [0.2, 0.25) is 0 Å². The van der Waals surface area contributed by atoms with Gasteiger partial charge in [-0.05, 0) is 6.92 Å². The molecule has 0 saturated carbocycles. The molecule has 0 radical (unpaired) electrons. The van der Waals surface area contributed by atoms with E-state index in [2.05, 4.69) is 21.3 Å². The Kier molecular flexibility index (Phi) is 24.4. The summed E-state index contributed by atoms with van der Waals surface area (Å²) in [5.41, 5.74) is 6.12. The van der Waals surface area contributed by atoms with Crippen LogP contribution >= 0.6 is 0 Å². The molecule has 472 valence electrons. The van der Waals surface area contributed by atoms with Crippen molar-refractivity contribution in [3.05, 3.63) is 0 Å². The van der Waals surface area contributed by atoms with Crippen molar-refractivity contribution >= 4 is 29.6 Å². The molecule has 6 aliphatic heterocycles. The summed E-state index contributed by atoms with van der Waals surface area (Å²) in [6.45, 7) is 2.55. The zero-order valence-electron chi connectivity index (χ0n) is 45.6. The molecule has 0 spiro atoms. The van der Waals surface area contributed by atoms with Crippen molar-refractivity contribution in [2.45, 2.75) is 225 Å². The first kappa shape index (κ1) is 67.5. The first-order chi connectivity index (χ1) is 38.6. The molecule has 18 N–H and O–H groups in total. The molecule has 30 atom stereocenters. The maximum Gasteiger partial charge on any atom is 0.302 e. The van der Waals surface area contributed by atoms with E-state index in [1.807, 2.05) is 0 Å². The quantitative estimate of drug-likeness (QED) is 0.0475. The Bertz CT molecular complexity index is 2110. The summed E-state index contributed by atoms with van der Waals surface area (Å²) < 4.78 is 75.9. The van der Waals surface area contributed by atoms with Gasteiger partial charge in [-0.25, -0.2) is 0 Å². The number of hydrogen-bond donors (Lipinski definition) is 17. The van der Waals surface area contributed by atoms with Gasteiger partial charge in [0.2, 0.25) is 23.6 Å². The Balaban J connectivity index is 1.23. The SMILES string of the molecule is CO[C@@H]1[C@H](OC[C@H]2OC(O)[C@H](NC(C)=O)[C@@H](O)[C@@H]2O[C@@H]2O[C@H](CO)[C@@H](O[C@@H]3O[C@H](CO)[C@@H](O[C@@H]4O[C@H](CO)[C@@H](O[C@@H]5O[C@H](COC(C)=O)[C@@H](O)[C@H](O)[C@H]5N)[C@H](O)[C@H]4NC(C)=O)[C@H](O)[C@H]3NC(C)=O)[C@H](O)[C@H]2NC(C)=O)O[C@@H](C)[C@@H](O)[C@H]1O. The van der Waals surface area contributed by atoms with Gasteiger partial charge < -0.3 is 150 Å². The molecule has 35 heteroatoms. The molecule has 6 aliphatic rings. The fourth-order valence-corrected chi connectivity index (χ4v) is 10.5. The van der Waals surface area contributed by atoms with Crippen LogP contribution in [-0.2, 0) is 85.6 Å². The van der Waals surface area contributed by atoms with Crippen LogP contribution in [0.5, 0.6) is 0 Å². The average Bonchev–Trinajstić information content (AvgIpc) is 3.59.